The molecule has 3 rings (SSSR count). The first-order valence-corrected chi connectivity index (χ1v) is 11.3. The third-order valence-electron chi connectivity index (χ3n) is 5.22. The molecule has 0 spiro atoms. The van der Waals surface area contributed by atoms with Crippen LogP contribution in [0.2, 0.25) is 0 Å². The van der Waals surface area contributed by atoms with Crippen LogP contribution < -0.4 is 0 Å². The quantitative estimate of drug-likeness (QED) is 0.648. The van der Waals surface area contributed by atoms with E-state index >= 15 is 0 Å². The number of aromatic nitrogens is 2. The third kappa shape index (κ3) is 5.01. The fourth-order valence-corrected chi connectivity index (χ4v) is 4.81. The Morgan fingerprint density at radius 1 is 1.20 bits per heavy atom. The maximum atomic E-state index is 12.9. The Kier molecular flexibility index (Phi) is 6.83. The summed E-state index contributed by atoms with van der Waals surface area (Å²) in [6, 6.07) is 3.67. The van der Waals surface area contributed by atoms with Gasteiger partial charge < -0.3 is 4.52 Å². The Bertz CT molecular complexity index is 954. The van der Waals surface area contributed by atoms with E-state index in [9.17, 15) is 21.6 Å². The largest absolute Gasteiger partial charge is 0.416 e. The summed E-state index contributed by atoms with van der Waals surface area (Å²) in [6.45, 7) is 5.14. The highest BCUT2D eigenvalue weighted by Crippen LogP contribution is 2.31. The zero-order valence-electron chi connectivity index (χ0n) is 16.9. The van der Waals surface area contributed by atoms with Gasteiger partial charge in [0.1, 0.15) is 0 Å². The maximum absolute atomic E-state index is 12.9. The van der Waals surface area contributed by atoms with Crippen LogP contribution in [-0.2, 0) is 22.6 Å². The van der Waals surface area contributed by atoms with Crippen molar-refractivity contribution in [1.29, 1.82) is 0 Å². The van der Waals surface area contributed by atoms with Crippen LogP contribution in [0.4, 0.5) is 13.2 Å². The number of hydrogen-bond acceptors (Lipinski definition) is 6. The van der Waals surface area contributed by atoms with Crippen molar-refractivity contribution in [2.24, 2.45) is 0 Å². The van der Waals surface area contributed by atoms with Crippen molar-refractivity contribution in [3.8, 4) is 0 Å². The summed E-state index contributed by atoms with van der Waals surface area (Å²) >= 11 is 0. The molecule has 166 valence electrons. The van der Waals surface area contributed by atoms with Crippen LogP contribution in [0.25, 0.3) is 0 Å². The lowest BCUT2D eigenvalue weighted by Crippen LogP contribution is -2.49. The van der Waals surface area contributed by atoms with Crippen LogP contribution in [0.15, 0.2) is 33.7 Å². The molecule has 0 radical (unpaired) electrons. The molecule has 1 aromatic heterocycles. The molecule has 1 unspecified atom stereocenters. The molecule has 1 atom stereocenters. The standard InChI is InChI=1S/C19H25F3N4O3S/c1-3-4-8-17-23-18(29-24-17)14(2)25-9-11-26(12-10-25)30(27,28)16-7-5-6-15(13-16)19(20,21)22/h5-7,13-14H,3-4,8-12H2,1-2H3. The molecule has 0 amide bonds. The van der Waals surface area contributed by atoms with Crippen molar-refractivity contribution in [2.75, 3.05) is 26.2 Å². The average Bonchev–Trinajstić information content (AvgIpc) is 3.20. The Labute approximate surface area is 173 Å². The van der Waals surface area contributed by atoms with Gasteiger partial charge in [-0.05, 0) is 31.5 Å². The first-order chi connectivity index (χ1) is 14.1. The number of sulfonamides is 1. The minimum absolute atomic E-state index is 0.166. The smallest absolute Gasteiger partial charge is 0.338 e. The lowest BCUT2D eigenvalue weighted by atomic mass is 10.2. The van der Waals surface area contributed by atoms with E-state index in [1.54, 1.807) is 0 Å². The summed E-state index contributed by atoms with van der Waals surface area (Å²) in [6.07, 6.45) is -1.85. The number of alkyl halides is 3. The van der Waals surface area contributed by atoms with Crippen molar-refractivity contribution in [2.45, 2.75) is 50.2 Å². The number of hydrogen-bond donors (Lipinski definition) is 0. The SMILES string of the molecule is CCCCc1noc(C(C)N2CCN(S(=O)(=O)c3cccc(C(F)(F)F)c3)CC2)n1. The first kappa shape index (κ1) is 22.7. The third-order valence-corrected chi connectivity index (χ3v) is 7.11. The number of benzene rings is 1. The van der Waals surface area contributed by atoms with E-state index in [4.69, 9.17) is 4.52 Å². The van der Waals surface area contributed by atoms with E-state index in [0.29, 0.717) is 30.9 Å². The van der Waals surface area contributed by atoms with E-state index in [1.807, 2.05) is 11.8 Å². The van der Waals surface area contributed by atoms with Crippen molar-refractivity contribution in [3.05, 3.63) is 41.5 Å². The molecular weight excluding hydrogens is 421 g/mol. The second-order valence-corrected chi connectivity index (χ2v) is 9.23. The minimum atomic E-state index is -4.60. The zero-order valence-corrected chi connectivity index (χ0v) is 17.7. The van der Waals surface area contributed by atoms with Gasteiger partial charge in [-0.15, -0.1) is 0 Å². The molecule has 0 saturated carbocycles. The first-order valence-electron chi connectivity index (χ1n) is 9.87. The number of rotatable bonds is 7. The van der Waals surface area contributed by atoms with Gasteiger partial charge in [0.15, 0.2) is 5.82 Å². The van der Waals surface area contributed by atoms with E-state index in [-0.39, 0.29) is 24.0 Å². The van der Waals surface area contributed by atoms with Crippen molar-refractivity contribution in [1.82, 2.24) is 19.3 Å². The number of halogens is 3. The fourth-order valence-electron chi connectivity index (χ4n) is 3.34. The monoisotopic (exact) mass is 446 g/mol. The van der Waals surface area contributed by atoms with Gasteiger partial charge in [0.25, 0.3) is 0 Å². The summed E-state index contributed by atoms with van der Waals surface area (Å²) in [5, 5.41) is 3.98. The van der Waals surface area contributed by atoms with Gasteiger partial charge in [0.2, 0.25) is 15.9 Å². The minimum Gasteiger partial charge on any atom is -0.338 e. The molecule has 1 fully saturated rings. The molecule has 30 heavy (non-hydrogen) atoms. The number of piperazine rings is 1. The summed E-state index contributed by atoms with van der Waals surface area (Å²) < 4.78 is 71.0. The summed E-state index contributed by atoms with van der Waals surface area (Å²) in [4.78, 5) is 6.09. The fraction of sp³-hybridized carbons (Fsp3) is 0.579. The summed E-state index contributed by atoms with van der Waals surface area (Å²) in [5.74, 6) is 1.14. The van der Waals surface area contributed by atoms with Crippen molar-refractivity contribution in [3.63, 3.8) is 0 Å². The molecule has 0 bridgehead atoms. The molecule has 0 N–H and O–H groups in total. The average molecular weight is 446 g/mol. The summed E-state index contributed by atoms with van der Waals surface area (Å²) in [5.41, 5.74) is -0.980. The van der Waals surface area contributed by atoms with E-state index < -0.39 is 21.8 Å². The second-order valence-electron chi connectivity index (χ2n) is 7.29. The molecule has 11 heteroatoms. The lowest BCUT2D eigenvalue weighted by molar-refractivity contribution is -0.137. The molecule has 1 aliphatic rings. The summed E-state index contributed by atoms with van der Waals surface area (Å²) in [7, 11) is -4.01. The van der Waals surface area contributed by atoms with E-state index in [1.165, 1.54) is 10.4 Å². The number of aryl methyl sites for hydroxylation is 1. The van der Waals surface area contributed by atoms with Gasteiger partial charge in [-0.2, -0.15) is 22.5 Å². The van der Waals surface area contributed by atoms with Gasteiger partial charge in [-0.1, -0.05) is 24.6 Å². The van der Waals surface area contributed by atoms with Gasteiger partial charge in [0, 0.05) is 32.6 Å². The zero-order chi connectivity index (χ0) is 21.9. The molecule has 2 aromatic rings. The molecule has 7 nitrogen and oxygen atoms in total. The van der Waals surface area contributed by atoms with Crippen molar-refractivity contribution < 1.29 is 26.1 Å². The predicted octanol–water partition coefficient (Wildman–Crippen LogP) is 3.50. The topological polar surface area (TPSA) is 79.5 Å². The Morgan fingerprint density at radius 2 is 1.90 bits per heavy atom. The van der Waals surface area contributed by atoms with Crippen LogP contribution in [0, 0.1) is 0 Å². The van der Waals surface area contributed by atoms with Crippen LogP contribution in [0.3, 0.4) is 0 Å². The number of unbranched alkanes of at least 4 members (excludes halogenated alkanes) is 1. The molecule has 2 heterocycles. The Morgan fingerprint density at radius 3 is 2.53 bits per heavy atom. The molecule has 0 aliphatic carbocycles. The van der Waals surface area contributed by atoms with Crippen LogP contribution in [-0.4, -0.2) is 53.9 Å². The highest BCUT2D eigenvalue weighted by Gasteiger charge is 2.35. The van der Waals surface area contributed by atoms with Gasteiger partial charge in [-0.25, -0.2) is 8.42 Å². The predicted molar refractivity (Wildman–Crippen MR) is 103 cm³/mol. The normalized spacial score (nSPS) is 17.9. The maximum Gasteiger partial charge on any atom is 0.416 e. The van der Waals surface area contributed by atoms with Gasteiger partial charge in [0.05, 0.1) is 16.5 Å². The highest BCUT2D eigenvalue weighted by molar-refractivity contribution is 7.89. The van der Waals surface area contributed by atoms with E-state index in [2.05, 4.69) is 17.1 Å². The molecular formula is C19H25F3N4O3S. The highest BCUT2D eigenvalue weighted by atomic mass is 32.2. The van der Waals surface area contributed by atoms with Crippen LogP contribution in [0.5, 0.6) is 0 Å². The van der Waals surface area contributed by atoms with Crippen LogP contribution >= 0.6 is 0 Å². The van der Waals surface area contributed by atoms with Crippen LogP contribution in [0.1, 0.15) is 50.0 Å². The van der Waals surface area contributed by atoms with Crippen molar-refractivity contribution >= 4 is 10.0 Å². The lowest BCUT2D eigenvalue weighted by Gasteiger charge is -2.36. The molecule has 1 aromatic carbocycles. The Hall–Kier alpha value is -1.98. The van der Waals surface area contributed by atoms with E-state index in [0.717, 1.165) is 31.4 Å². The second kappa shape index (κ2) is 9.03. The molecule has 1 aliphatic heterocycles. The Balaban J connectivity index is 1.65. The molecule has 1 saturated heterocycles. The number of nitrogens with zero attached hydrogens (tertiary/aromatic N) is 4. The van der Waals surface area contributed by atoms with Gasteiger partial charge in [-0.3, -0.25) is 4.90 Å². The van der Waals surface area contributed by atoms with Gasteiger partial charge >= 0.3 is 6.18 Å².